The van der Waals surface area contributed by atoms with Gasteiger partial charge in [0.25, 0.3) is 5.91 Å². The summed E-state index contributed by atoms with van der Waals surface area (Å²) >= 11 is 7.43. The van der Waals surface area contributed by atoms with E-state index in [1.165, 1.54) is 11.3 Å². The molecule has 1 amide bonds. The lowest BCUT2D eigenvalue weighted by molar-refractivity contribution is 0.0724. The van der Waals surface area contributed by atoms with E-state index in [1.54, 1.807) is 4.90 Å². The summed E-state index contributed by atoms with van der Waals surface area (Å²) in [4.78, 5) is 16.3. The Labute approximate surface area is 168 Å². The summed E-state index contributed by atoms with van der Waals surface area (Å²) in [5.74, 6) is -0.0175. The number of hydrogen-bond acceptors (Lipinski definition) is 4. The van der Waals surface area contributed by atoms with Crippen molar-refractivity contribution in [2.45, 2.75) is 33.2 Å². The van der Waals surface area contributed by atoms with Crippen LogP contribution in [0.1, 0.15) is 40.7 Å². The fraction of sp³-hybridized carbons (Fsp3) is 0.400. The second-order valence-electron chi connectivity index (χ2n) is 6.57. The molecule has 0 saturated carbocycles. The van der Waals surface area contributed by atoms with Gasteiger partial charge in [0.05, 0.1) is 23.7 Å². The number of nitrogens with zero attached hydrogens (tertiary/aromatic N) is 3. The number of fused-ring (bicyclic) bond motifs is 1. The van der Waals surface area contributed by atoms with E-state index in [4.69, 9.17) is 11.6 Å². The molecule has 3 rings (SSSR count). The highest BCUT2D eigenvalue weighted by Crippen LogP contribution is 2.30. The second-order valence-corrected chi connectivity index (χ2v) is 8.04. The summed E-state index contributed by atoms with van der Waals surface area (Å²) in [6.07, 6.45) is 1.94. The molecule has 0 aliphatic heterocycles. The number of hydrogen-bond donors (Lipinski definition) is 1. The second kappa shape index (κ2) is 8.87. The van der Waals surface area contributed by atoms with Gasteiger partial charge < -0.3 is 10.0 Å². The zero-order valence-corrected chi connectivity index (χ0v) is 17.2. The van der Waals surface area contributed by atoms with Crippen molar-refractivity contribution in [3.05, 3.63) is 51.5 Å². The highest BCUT2D eigenvalue weighted by molar-refractivity contribution is 7.20. The summed E-state index contributed by atoms with van der Waals surface area (Å²) in [7, 11) is 0. The molecule has 0 aliphatic carbocycles. The SMILES string of the molecule is CCCCN(CCO)C(=O)c1cc2c(C)nn(Cc3ccc(Cl)cc3)c2s1. The Morgan fingerprint density at radius 3 is 2.70 bits per heavy atom. The van der Waals surface area contributed by atoms with Crippen molar-refractivity contribution in [2.75, 3.05) is 19.7 Å². The van der Waals surface area contributed by atoms with E-state index in [0.717, 1.165) is 34.3 Å². The number of unbranched alkanes of at least 4 members (excludes halogenated alkanes) is 1. The van der Waals surface area contributed by atoms with Crippen LogP contribution in [0.25, 0.3) is 10.2 Å². The zero-order valence-electron chi connectivity index (χ0n) is 15.6. The molecular weight excluding hydrogens is 382 g/mol. The molecule has 2 heterocycles. The first-order chi connectivity index (χ1) is 13.0. The lowest BCUT2D eigenvalue weighted by atomic mass is 10.2. The van der Waals surface area contributed by atoms with Crippen LogP contribution in [0, 0.1) is 6.92 Å². The average Bonchev–Trinajstić information content (AvgIpc) is 3.21. The van der Waals surface area contributed by atoms with Gasteiger partial charge in [-0.25, -0.2) is 0 Å². The van der Waals surface area contributed by atoms with E-state index in [-0.39, 0.29) is 12.5 Å². The number of carbonyl (C=O) groups excluding carboxylic acids is 1. The zero-order chi connectivity index (χ0) is 19.4. The molecule has 0 fully saturated rings. The molecule has 0 bridgehead atoms. The summed E-state index contributed by atoms with van der Waals surface area (Å²) < 4.78 is 1.94. The Balaban J connectivity index is 1.88. The number of carbonyl (C=O) groups is 1. The van der Waals surface area contributed by atoms with Crippen LogP contribution in [0.15, 0.2) is 30.3 Å². The van der Waals surface area contributed by atoms with Crippen molar-refractivity contribution in [2.24, 2.45) is 0 Å². The van der Waals surface area contributed by atoms with Gasteiger partial charge in [0.15, 0.2) is 0 Å². The number of halogens is 1. The van der Waals surface area contributed by atoms with Crippen LogP contribution in [0.4, 0.5) is 0 Å². The Morgan fingerprint density at radius 1 is 1.30 bits per heavy atom. The van der Waals surface area contributed by atoms with Crippen molar-refractivity contribution in [3.63, 3.8) is 0 Å². The number of aryl methyl sites for hydroxylation is 1. The van der Waals surface area contributed by atoms with Crippen molar-refractivity contribution in [1.82, 2.24) is 14.7 Å². The van der Waals surface area contributed by atoms with Gasteiger partial charge in [-0.3, -0.25) is 9.48 Å². The molecule has 0 radical (unpaired) electrons. The molecular formula is C20H24ClN3O2S. The first-order valence-corrected chi connectivity index (χ1v) is 10.3. The number of thiophene rings is 1. The van der Waals surface area contributed by atoms with Crippen molar-refractivity contribution in [3.8, 4) is 0 Å². The van der Waals surface area contributed by atoms with E-state index >= 15 is 0 Å². The third-order valence-corrected chi connectivity index (χ3v) is 5.89. The minimum atomic E-state index is -0.0241. The van der Waals surface area contributed by atoms with Gasteiger partial charge in [0, 0.05) is 23.5 Å². The van der Waals surface area contributed by atoms with Crippen LogP contribution in [0.5, 0.6) is 0 Å². The average molecular weight is 406 g/mol. The predicted octanol–water partition coefficient (Wildman–Crippen LogP) is 4.34. The molecule has 144 valence electrons. The number of aromatic nitrogens is 2. The third-order valence-electron chi connectivity index (χ3n) is 4.50. The maximum atomic E-state index is 12.9. The standard InChI is InChI=1S/C20H24ClN3O2S/c1-3-4-9-23(10-11-25)19(26)18-12-17-14(2)22-24(20(17)27-18)13-15-5-7-16(21)8-6-15/h5-8,12,25H,3-4,9-11,13H2,1-2H3. The summed E-state index contributed by atoms with van der Waals surface area (Å²) in [5.41, 5.74) is 2.02. The Hall–Kier alpha value is -1.89. The molecule has 0 aliphatic rings. The van der Waals surface area contributed by atoms with E-state index in [0.29, 0.717) is 29.5 Å². The van der Waals surface area contributed by atoms with Gasteiger partial charge in [0.1, 0.15) is 4.83 Å². The first kappa shape index (κ1) is 19.9. The van der Waals surface area contributed by atoms with Crippen molar-refractivity contribution >= 4 is 39.1 Å². The lowest BCUT2D eigenvalue weighted by Gasteiger charge is -2.20. The van der Waals surface area contributed by atoms with Crippen LogP contribution in [-0.2, 0) is 6.54 Å². The molecule has 27 heavy (non-hydrogen) atoms. The highest BCUT2D eigenvalue weighted by atomic mass is 35.5. The Kier molecular flexibility index (Phi) is 6.52. The van der Waals surface area contributed by atoms with E-state index in [1.807, 2.05) is 41.9 Å². The fourth-order valence-corrected chi connectivity index (χ4v) is 4.28. The molecule has 2 aromatic heterocycles. The van der Waals surface area contributed by atoms with Crippen LogP contribution in [-0.4, -0.2) is 45.4 Å². The Morgan fingerprint density at radius 2 is 2.04 bits per heavy atom. The largest absolute Gasteiger partial charge is 0.395 e. The maximum absolute atomic E-state index is 12.9. The third kappa shape index (κ3) is 4.51. The van der Waals surface area contributed by atoms with Crippen LogP contribution >= 0.6 is 22.9 Å². The van der Waals surface area contributed by atoms with E-state index in [2.05, 4.69) is 12.0 Å². The molecule has 3 aromatic rings. The molecule has 0 spiro atoms. The van der Waals surface area contributed by atoms with Crippen molar-refractivity contribution in [1.29, 1.82) is 0 Å². The first-order valence-electron chi connectivity index (χ1n) is 9.15. The molecule has 0 saturated heterocycles. The van der Waals surface area contributed by atoms with Gasteiger partial charge in [-0.2, -0.15) is 5.10 Å². The highest BCUT2D eigenvalue weighted by Gasteiger charge is 2.20. The maximum Gasteiger partial charge on any atom is 0.264 e. The van der Waals surface area contributed by atoms with Gasteiger partial charge in [-0.05, 0) is 37.1 Å². The fourth-order valence-electron chi connectivity index (χ4n) is 3.03. The van der Waals surface area contributed by atoms with Crippen LogP contribution < -0.4 is 0 Å². The van der Waals surface area contributed by atoms with Crippen LogP contribution in [0.3, 0.4) is 0 Å². The van der Waals surface area contributed by atoms with Crippen molar-refractivity contribution < 1.29 is 9.90 Å². The minimum absolute atomic E-state index is 0.0175. The molecule has 1 N–H and O–H groups in total. The lowest BCUT2D eigenvalue weighted by Crippen LogP contribution is -2.33. The normalized spacial score (nSPS) is 11.3. The van der Waals surface area contributed by atoms with Gasteiger partial charge in [-0.15, -0.1) is 11.3 Å². The molecule has 5 nitrogen and oxygen atoms in total. The van der Waals surface area contributed by atoms with Crippen LogP contribution in [0.2, 0.25) is 5.02 Å². The summed E-state index contributed by atoms with van der Waals surface area (Å²) in [6, 6.07) is 9.64. The quantitative estimate of drug-likeness (QED) is 0.606. The minimum Gasteiger partial charge on any atom is -0.395 e. The molecule has 7 heteroatoms. The molecule has 0 atom stereocenters. The topological polar surface area (TPSA) is 58.4 Å². The smallest absolute Gasteiger partial charge is 0.264 e. The van der Waals surface area contributed by atoms with E-state index < -0.39 is 0 Å². The molecule has 0 unspecified atom stereocenters. The Bertz CT molecular complexity index is 917. The predicted molar refractivity (Wildman–Crippen MR) is 111 cm³/mol. The monoisotopic (exact) mass is 405 g/mol. The number of rotatable bonds is 8. The van der Waals surface area contributed by atoms with Gasteiger partial charge in [0.2, 0.25) is 0 Å². The summed E-state index contributed by atoms with van der Waals surface area (Å²) in [6.45, 7) is 5.69. The summed E-state index contributed by atoms with van der Waals surface area (Å²) in [5, 5.41) is 15.6. The number of aliphatic hydroxyl groups excluding tert-OH is 1. The van der Waals surface area contributed by atoms with E-state index in [9.17, 15) is 9.90 Å². The molecule has 1 aromatic carbocycles. The van der Waals surface area contributed by atoms with Gasteiger partial charge >= 0.3 is 0 Å². The number of aliphatic hydroxyl groups is 1. The number of amides is 1. The number of benzene rings is 1. The van der Waals surface area contributed by atoms with Gasteiger partial charge in [-0.1, -0.05) is 37.1 Å².